The predicted molar refractivity (Wildman–Crippen MR) is 117 cm³/mol. The summed E-state index contributed by atoms with van der Waals surface area (Å²) in [6.45, 7) is 0. The number of hydrogen-bond donors (Lipinski definition) is 2. The zero-order chi connectivity index (χ0) is 21.8. The number of nitrogens with one attached hydrogen (secondary N) is 2. The van der Waals surface area contributed by atoms with Gasteiger partial charge in [-0.15, -0.1) is 10.2 Å². The molecule has 1 aromatic heterocycles. The van der Waals surface area contributed by atoms with E-state index in [1.165, 1.54) is 24.0 Å². The Bertz CT molecular complexity index is 1310. The van der Waals surface area contributed by atoms with E-state index in [-0.39, 0.29) is 4.90 Å². The molecule has 0 saturated heterocycles. The van der Waals surface area contributed by atoms with E-state index >= 15 is 0 Å². The van der Waals surface area contributed by atoms with Crippen molar-refractivity contribution in [3.63, 3.8) is 0 Å². The van der Waals surface area contributed by atoms with Crippen LogP contribution in [-0.2, 0) is 17.1 Å². The Hall–Kier alpha value is -3.76. The third-order valence-electron chi connectivity index (χ3n) is 4.41. The van der Waals surface area contributed by atoms with Crippen molar-refractivity contribution >= 4 is 21.4 Å². The van der Waals surface area contributed by atoms with Crippen LogP contribution in [0.5, 0.6) is 11.5 Å². The number of tetrazole rings is 1. The Morgan fingerprint density at radius 3 is 2.42 bits per heavy atom. The maximum atomic E-state index is 12.3. The van der Waals surface area contributed by atoms with Gasteiger partial charge in [0.1, 0.15) is 11.5 Å². The monoisotopic (exact) mass is 436 g/mol. The van der Waals surface area contributed by atoms with Gasteiger partial charge in [0.05, 0.1) is 11.9 Å². The number of nitrogens with zero attached hydrogens (tertiary/aromatic N) is 4. The molecule has 9 nitrogen and oxygen atoms in total. The molecule has 4 rings (SSSR count). The van der Waals surface area contributed by atoms with E-state index in [1.54, 1.807) is 13.1 Å². The number of para-hydroxylation sites is 1. The predicted octanol–water partition coefficient (Wildman–Crippen LogP) is 3.32. The van der Waals surface area contributed by atoms with Crippen LogP contribution in [0.25, 0.3) is 11.4 Å². The summed E-state index contributed by atoms with van der Waals surface area (Å²) in [6.07, 6.45) is 0. The highest BCUT2D eigenvalue weighted by molar-refractivity contribution is 7.89. The highest BCUT2D eigenvalue weighted by Gasteiger charge is 2.18. The van der Waals surface area contributed by atoms with E-state index in [1.807, 2.05) is 54.6 Å². The van der Waals surface area contributed by atoms with E-state index in [4.69, 9.17) is 4.74 Å². The molecule has 0 atom stereocenters. The van der Waals surface area contributed by atoms with E-state index in [9.17, 15) is 8.42 Å². The summed E-state index contributed by atoms with van der Waals surface area (Å²) in [5, 5.41) is 15.4. The first-order valence-electron chi connectivity index (χ1n) is 9.36. The molecule has 0 fully saturated rings. The van der Waals surface area contributed by atoms with Gasteiger partial charge in [-0.25, -0.2) is 13.1 Å². The average Bonchev–Trinajstić information content (AvgIpc) is 3.21. The Morgan fingerprint density at radius 2 is 1.71 bits per heavy atom. The van der Waals surface area contributed by atoms with Crippen LogP contribution in [-0.4, -0.2) is 35.7 Å². The Balaban J connectivity index is 1.69. The second-order valence-corrected chi connectivity index (χ2v) is 8.47. The quantitative estimate of drug-likeness (QED) is 0.457. The van der Waals surface area contributed by atoms with Gasteiger partial charge in [0.25, 0.3) is 0 Å². The van der Waals surface area contributed by atoms with Gasteiger partial charge in [0.2, 0.25) is 15.8 Å². The molecule has 0 radical (unpaired) electrons. The minimum atomic E-state index is -3.63. The summed E-state index contributed by atoms with van der Waals surface area (Å²) < 4.78 is 32.7. The van der Waals surface area contributed by atoms with E-state index in [0.29, 0.717) is 22.8 Å². The third-order valence-corrected chi connectivity index (χ3v) is 5.82. The van der Waals surface area contributed by atoms with E-state index in [2.05, 4.69) is 25.4 Å². The van der Waals surface area contributed by atoms with Crippen molar-refractivity contribution in [3.05, 3.63) is 72.8 Å². The Morgan fingerprint density at radius 1 is 0.935 bits per heavy atom. The second kappa shape index (κ2) is 8.54. The van der Waals surface area contributed by atoms with Crippen LogP contribution in [0, 0.1) is 0 Å². The second-order valence-electron chi connectivity index (χ2n) is 6.59. The van der Waals surface area contributed by atoms with Crippen LogP contribution >= 0.6 is 0 Å². The molecule has 0 spiro atoms. The molecular weight excluding hydrogens is 416 g/mol. The standard InChI is InChI=1S/C21H20N6O3S/c1-22-31(28,29)18-11-12-20(19(14-18)21-24-26-27(2)25-21)23-15-7-6-10-17(13-15)30-16-8-4-3-5-9-16/h3-14,22-23H,1-2H3. The minimum absolute atomic E-state index is 0.101. The van der Waals surface area contributed by atoms with Gasteiger partial charge < -0.3 is 10.1 Å². The van der Waals surface area contributed by atoms with Crippen molar-refractivity contribution in [3.8, 4) is 22.9 Å². The van der Waals surface area contributed by atoms with Crippen molar-refractivity contribution in [2.75, 3.05) is 12.4 Å². The minimum Gasteiger partial charge on any atom is -0.457 e. The normalized spacial score (nSPS) is 11.3. The number of aromatic nitrogens is 4. The van der Waals surface area contributed by atoms with Crippen molar-refractivity contribution in [2.45, 2.75) is 4.90 Å². The summed E-state index contributed by atoms with van der Waals surface area (Å²) >= 11 is 0. The molecule has 0 aliphatic heterocycles. The van der Waals surface area contributed by atoms with Crippen LogP contribution in [0.1, 0.15) is 0 Å². The first-order chi connectivity index (χ1) is 14.9. The van der Waals surface area contributed by atoms with Gasteiger partial charge in [-0.1, -0.05) is 24.3 Å². The van der Waals surface area contributed by atoms with Crippen molar-refractivity contribution in [1.82, 2.24) is 24.9 Å². The number of benzene rings is 3. The van der Waals surface area contributed by atoms with Gasteiger partial charge >= 0.3 is 0 Å². The van der Waals surface area contributed by atoms with Crippen molar-refractivity contribution in [2.24, 2.45) is 7.05 Å². The van der Waals surface area contributed by atoms with Crippen molar-refractivity contribution < 1.29 is 13.2 Å². The third kappa shape index (κ3) is 4.71. The molecule has 2 N–H and O–H groups in total. The molecule has 10 heteroatoms. The topological polar surface area (TPSA) is 111 Å². The zero-order valence-electron chi connectivity index (χ0n) is 16.9. The van der Waals surface area contributed by atoms with Crippen LogP contribution in [0.4, 0.5) is 11.4 Å². The van der Waals surface area contributed by atoms with Gasteiger partial charge in [-0.3, -0.25) is 0 Å². The fraction of sp³-hybridized carbons (Fsp3) is 0.0952. The largest absolute Gasteiger partial charge is 0.457 e. The molecule has 0 bridgehead atoms. The Labute approximate surface area is 179 Å². The number of rotatable bonds is 7. The lowest BCUT2D eigenvalue weighted by Gasteiger charge is -2.13. The van der Waals surface area contributed by atoms with Crippen LogP contribution in [0.15, 0.2) is 77.7 Å². The highest BCUT2D eigenvalue weighted by atomic mass is 32.2. The van der Waals surface area contributed by atoms with Gasteiger partial charge in [-0.2, -0.15) is 4.80 Å². The lowest BCUT2D eigenvalue weighted by Crippen LogP contribution is -2.18. The molecule has 4 aromatic rings. The van der Waals surface area contributed by atoms with Gasteiger partial charge in [0, 0.05) is 23.0 Å². The molecule has 31 heavy (non-hydrogen) atoms. The molecule has 3 aromatic carbocycles. The maximum absolute atomic E-state index is 12.3. The first-order valence-corrected chi connectivity index (χ1v) is 10.8. The van der Waals surface area contributed by atoms with Gasteiger partial charge in [0.15, 0.2) is 0 Å². The van der Waals surface area contributed by atoms with E-state index < -0.39 is 10.0 Å². The molecule has 0 amide bonds. The molecule has 158 valence electrons. The van der Waals surface area contributed by atoms with Crippen LogP contribution in [0.3, 0.4) is 0 Å². The first kappa shape index (κ1) is 20.5. The number of sulfonamides is 1. The summed E-state index contributed by atoms with van der Waals surface area (Å²) in [4.78, 5) is 1.41. The molecule has 1 heterocycles. The fourth-order valence-electron chi connectivity index (χ4n) is 2.91. The molecule has 0 saturated carbocycles. The van der Waals surface area contributed by atoms with Gasteiger partial charge in [-0.05, 0) is 54.7 Å². The SMILES string of the molecule is CNS(=O)(=O)c1ccc(Nc2cccc(Oc3ccccc3)c2)c(-c2nnn(C)n2)c1. The zero-order valence-corrected chi connectivity index (χ0v) is 17.7. The molecule has 0 aliphatic carbocycles. The molecule has 0 aliphatic rings. The number of ether oxygens (including phenoxy) is 1. The number of anilines is 2. The van der Waals surface area contributed by atoms with Crippen LogP contribution < -0.4 is 14.8 Å². The summed E-state index contributed by atoms with van der Waals surface area (Å²) in [5.74, 6) is 1.69. The van der Waals surface area contributed by atoms with E-state index in [0.717, 1.165) is 11.4 Å². The van der Waals surface area contributed by atoms with Crippen molar-refractivity contribution in [1.29, 1.82) is 0 Å². The summed E-state index contributed by atoms with van der Waals surface area (Å²) in [6, 6.07) is 21.6. The number of aryl methyl sites for hydroxylation is 1. The maximum Gasteiger partial charge on any atom is 0.240 e. The van der Waals surface area contributed by atoms with Crippen LogP contribution in [0.2, 0.25) is 0 Å². The Kier molecular flexibility index (Phi) is 5.65. The lowest BCUT2D eigenvalue weighted by molar-refractivity contribution is 0.483. The summed E-state index contributed by atoms with van der Waals surface area (Å²) in [5.41, 5.74) is 1.88. The fourth-order valence-corrected chi connectivity index (χ4v) is 3.67. The smallest absolute Gasteiger partial charge is 0.240 e. The molecular formula is C21H20N6O3S. The lowest BCUT2D eigenvalue weighted by atomic mass is 10.1. The highest BCUT2D eigenvalue weighted by Crippen LogP contribution is 2.32. The molecule has 0 unspecified atom stereocenters. The summed E-state index contributed by atoms with van der Waals surface area (Å²) in [7, 11) is -0.631. The number of hydrogen-bond acceptors (Lipinski definition) is 7. The average molecular weight is 436 g/mol.